The Balaban J connectivity index is 0. The molecule has 0 nitrogen and oxygen atoms in total. The summed E-state index contributed by atoms with van der Waals surface area (Å²) in [4.78, 5) is 0. The Bertz CT molecular complexity index is 3.61. The molecule has 0 N–H and O–H groups in total. The van der Waals surface area contributed by atoms with E-state index < -0.39 is 0 Å². The van der Waals surface area contributed by atoms with Gasteiger partial charge in [0, 0.05) is 22.4 Å². The largest absolute Gasteiger partial charge is 0.269 e. The van der Waals surface area contributed by atoms with Crippen molar-refractivity contribution in [3.63, 3.8) is 0 Å². The van der Waals surface area contributed by atoms with Gasteiger partial charge in [0.05, 0.1) is 0 Å². The zero-order valence-corrected chi connectivity index (χ0v) is 5.29. The molecule has 0 fully saturated rings. The summed E-state index contributed by atoms with van der Waals surface area (Å²) in [6.45, 7) is 0. The molecule has 0 atom stereocenters. The predicted molar refractivity (Wildman–Crippen MR) is 10.0 cm³/mol. The average Bonchev–Trinajstić information content (AvgIpc) is 0. The van der Waals surface area contributed by atoms with Crippen molar-refractivity contribution in [2.45, 2.75) is 0 Å². The second kappa shape index (κ2) is 252. The molecule has 0 heterocycles. The van der Waals surface area contributed by atoms with Crippen molar-refractivity contribution in [1.82, 2.24) is 0 Å². The molecule has 0 aliphatic heterocycles. The molecule has 0 aliphatic rings. The Hall–Kier alpha value is 0.460. The molecule has 37 valence electrons. The first-order chi connectivity index (χ1) is 0. The Morgan fingerprint density at radius 2 is 0.400 bits per heavy atom. The molecular weight excluding hydrogens is 257 g/mol. The molecule has 0 aliphatic carbocycles. The number of hydrogen-bond donors (Lipinski definition) is 0. The molecular formula is H4F4Ta. The normalized spacial score (nSPS) is 0. The van der Waals surface area contributed by atoms with Crippen LogP contribution in [0.1, 0.15) is 0 Å². The smallest absolute Gasteiger partial charge is 0 e. The average molecular weight is 261 g/mol. The minimum absolute atomic E-state index is 0. The predicted octanol–water partition coefficient (Wildman–Crippen LogP) is 0.607. The van der Waals surface area contributed by atoms with Crippen LogP contribution < -0.4 is 0 Å². The zero-order chi connectivity index (χ0) is 0. The first-order valence-electron chi connectivity index (χ1n) is 0. The molecule has 1 radical (unpaired) electrons. The summed E-state index contributed by atoms with van der Waals surface area (Å²) in [6.07, 6.45) is 0. The van der Waals surface area contributed by atoms with Crippen LogP contribution in [0.5, 0.6) is 0 Å². The quantitative estimate of drug-likeness (QED) is 0.560. The molecule has 5 heteroatoms. The van der Waals surface area contributed by atoms with Crippen molar-refractivity contribution >= 4 is 0 Å². The summed E-state index contributed by atoms with van der Waals surface area (Å²) < 4.78 is 0. The SMILES string of the molecule is F.F.F.F.[Ta]. The van der Waals surface area contributed by atoms with E-state index in [2.05, 4.69) is 0 Å². The van der Waals surface area contributed by atoms with Gasteiger partial charge in [-0.15, -0.1) is 0 Å². The second-order valence-electron chi connectivity index (χ2n) is 0. The minimum atomic E-state index is 0. The maximum absolute atomic E-state index is 0. The summed E-state index contributed by atoms with van der Waals surface area (Å²) in [7, 11) is 0. The van der Waals surface area contributed by atoms with Gasteiger partial charge in [-0.3, -0.25) is 18.8 Å². The summed E-state index contributed by atoms with van der Waals surface area (Å²) in [5.41, 5.74) is 0. The van der Waals surface area contributed by atoms with Crippen LogP contribution in [0.4, 0.5) is 18.8 Å². The van der Waals surface area contributed by atoms with Crippen molar-refractivity contribution in [2.75, 3.05) is 0 Å². The second-order valence-corrected chi connectivity index (χ2v) is 0. The maximum Gasteiger partial charge on any atom is 0 e. The van der Waals surface area contributed by atoms with Crippen LogP contribution in [0.3, 0.4) is 0 Å². The van der Waals surface area contributed by atoms with E-state index in [-0.39, 0.29) is 41.2 Å². The van der Waals surface area contributed by atoms with Crippen molar-refractivity contribution in [3.05, 3.63) is 0 Å². The topological polar surface area (TPSA) is 0 Å². The van der Waals surface area contributed by atoms with Gasteiger partial charge in [0.15, 0.2) is 0 Å². The van der Waals surface area contributed by atoms with E-state index in [1.165, 1.54) is 0 Å². The summed E-state index contributed by atoms with van der Waals surface area (Å²) in [6, 6.07) is 0. The van der Waals surface area contributed by atoms with Crippen LogP contribution in [-0.2, 0) is 22.4 Å². The van der Waals surface area contributed by atoms with Crippen LogP contribution in [-0.4, -0.2) is 0 Å². The van der Waals surface area contributed by atoms with Gasteiger partial charge in [-0.25, -0.2) is 0 Å². The first kappa shape index (κ1) is 513. The van der Waals surface area contributed by atoms with Gasteiger partial charge in [-0.1, -0.05) is 0 Å². The van der Waals surface area contributed by atoms with E-state index in [9.17, 15) is 0 Å². The molecule has 0 aromatic rings. The fourth-order valence-corrected chi connectivity index (χ4v) is 0. The van der Waals surface area contributed by atoms with Crippen molar-refractivity contribution in [3.8, 4) is 0 Å². The van der Waals surface area contributed by atoms with Gasteiger partial charge < -0.3 is 0 Å². The van der Waals surface area contributed by atoms with Crippen molar-refractivity contribution < 1.29 is 41.2 Å². The molecule has 5 heavy (non-hydrogen) atoms. The molecule has 0 saturated carbocycles. The van der Waals surface area contributed by atoms with Gasteiger partial charge >= 0.3 is 0 Å². The third-order valence-electron chi connectivity index (χ3n) is 0. The van der Waals surface area contributed by atoms with Gasteiger partial charge in [-0.2, -0.15) is 0 Å². The number of rotatable bonds is 0. The molecule has 0 saturated heterocycles. The molecule has 0 aromatic heterocycles. The summed E-state index contributed by atoms with van der Waals surface area (Å²) in [5.74, 6) is 0. The third kappa shape index (κ3) is 127. The Morgan fingerprint density at radius 1 is 0.400 bits per heavy atom. The third-order valence-corrected chi connectivity index (χ3v) is 0. The van der Waals surface area contributed by atoms with Crippen LogP contribution in [0.2, 0.25) is 0 Å². The van der Waals surface area contributed by atoms with Crippen LogP contribution in [0, 0.1) is 0 Å². The molecule has 0 rings (SSSR count). The molecule has 0 aromatic carbocycles. The van der Waals surface area contributed by atoms with Gasteiger partial charge in [0.1, 0.15) is 0 Å². The van der Waals surface area contributed by atoms with Crippen molar-refractivity contribution in [2.24, 2.45) is 0 Å². The minimum Gasteiger partial charge on any atom is -0.269 e. The van der Waals surface area contributed by atoms with E-state index >= 15 is 0 Å². The summed E-state index contributed by atoms with van der Waals surface area (Å²) >= 11 is 0. The fraction of sp³-hybridized carbons (Fsp3) is 0. The van der Waals surface area contributed by atoms with Crippen LogP contribution in [0.25, 0.3) is 0 Å². The molecule has 0 bridgehead atoms. The standard InChI is InChI=1S/4FH.Ta/h4*1H;. The summed E-state index contributed by atoms with van der Waals surface area (Å²) in [5, 5.41) is 0. The first-order valence-corrected chi connectivity index (χ1v) is 0. The molecule has 0 unspecified atom stereocenters. The van der Waals surface area contributed by atoms with Crippen molar-refractivity contribution in [1.29, 1.82) is 0 Å². The Kier molecular flexibility index (Phi) is 25900. The van der Waals surface area contributed by atoms with Crippen LogP contribution >= 0.6 is 0 Å². The van der Waals surface area contributed by atoms with E-state index in [0.717, 1.165) is 0 Å². The van der Waals surface area contributed by atoms with E-state index in [1.807, 2.05) is 0 Å². The van der Waals surface area contributed by atoms with Crippen LogP contribution in [0.15, 0.2) is 0 Å². The van der Waals surface area contributed by atoms with Gasteiger partial charge in [0.25, 0.3) is 0 Å². The maximum atomic E-state index is 0. The van der Waals surface area contributed by atoms with E-state index in [1.54, 1.807) is 0 Å². The monoisotopic (exact) mass is 261 g/mol. The number of halogens is 4. The van der Waals surface area contributed by atoms with Gasteiger partial charge in [-0.05, 0) is 0 Å². The van der Waals surface area contributed by atoms with E-state index in [4.69, 9.17) is 0 Å². The molecule has 0 amide bonds. The Morgan fingerprint density at radius 3 is 0.400 bits per heavy atom. The number of hydrogen-bond acceptors (Lipinski definition) is 0. The Labute approximate surface area is 41.9 Å². The fourth-order valence-electron chi connectivity index (χ4n) is 0. The molecule has 0 spiro atoms. The van der Waals surface area contributed by atoms with Gasteiger partial charge in [0.2, 0.25) is 0 Å². The van der Waals surface area contributed by atoms with E-state index in [0.29, 0.717) is 0 Å². The zero-order valence-electron chi connectivity index (χ0n) is 2.08.